The number of imidazole rings is 1. The zero-order chi connectivity index (χ0) is 15.0. The van der Waals surface area contributed by atoms with Crippen molar-refractivity contribution in [1.82, 2.24) is 9.55 Å². The molecular formula is C16H13ClF2N2. The van der Waals surface area contributed by atoms with Crippen molar-refractivity contribution in [3.8, 4) is 5.69 Å². The second-order valence-corrected chi connectivity index (χ2v) is 5.27. The van der Waals surface area contributed by atoms with Crippen LogP contribution in [0.2, 0.25) is 0 Å². The molecule has 0 saturated carbocycles. The zero-order valence-corrected chi connectivity index (χ0v) is 12.2. The Hall–Kier alpha value is -1.94. The van der Waals surface area contributed by atoms with Gasteiger partial charge in [-0.25, -0.2) is 13.8 Å². The van der Waals surface area contributed by atoms with Gasteiger partial charge in [-0.1, -0.05) is 6.07 Å². The fraction of sp³-hybridized carbons (Fsp3) is 0.188. The number of fused-ring (bicyclic) bond motifs is 1. The SMILES string of the molecule is Cc1ccc2nc(CCCl)n(-c3ccc(F)c(F)c3)c2c1. The summed E-state index contributed by atoms with van der Waals surface area (Å²) in [6, 6.07) is 9.70. The number of aryl methyl sites for hydroxylation is 2. The van der Waals surface area contributed by atoms with Gasteiger partial charge in [-0.2, -0.15) is 0 Å². The smallest absolute Gasteiger partial charge is 0.160 e. The fourth-order valence-corrected chi connectivity index (χ4v) is 2.57. The highest BCUT2D eigenvalue weighted by Gasteiger charge is 2.14. The lowest BCUT2D eigenvalue weighted by Crippen LogP contribution is -2.03. The van der Waals surface area contributed by atoms with Crippen LogP contribution in [-0.2, 0) is 6.42 Å². The second kappa shape index (κ2) is 5.45. The Labute approximate surface area is 126 Å². The summed E-state index contributed by atoms with van der Waals surface area (Å²) in [6.45, 7) is 1.98. The molecule has 0 saturated heterocycles. The summed E-state index contributed by atoms with van der Waals surface area (Å²) in [6.07, 6.45) is 0.550. The predicted octanol–water partition coefficient (Wildman–Crippen LogP) is 4.39. The third-order valence-corrected chi connectivity index (χ3v) is 3.55. The molecule has 0 aliphatic carbocycles. The summed E-state index contributed by atoms with van der Waals surface area (Å²) in [5, 5.41) is 0. The van der Waals surface area contributed by atoms with Crippen LogP contribution in [-0.4, -0.2) is 15.4 Å². The van der Waals surface area contributed by atoms with E-state index in [-0.39, 0.29) is 0 Å². The number of hydrogen-bond donors (Lipinski definition) is 0. The Morgan fingerprint density at radius 3 is 2.62 bits per heavy atom. The largest absolute Gasteiger partial charge is 0.296 e. The minimum Gasteiger partial charge on any atom is -0.296 e. The molecule has 2 nitrogen and oxygen atoms in total. The number of nitrogens with zero attached hydrogens (tertiary/aromatic N) is 2. The Morgan fingerprint density at radius 1 is 1.10 bits per heavy atom. The maximum absolute atomic E-state index is 13.5. The molecule has 0 aliphatic heterocycles. The van der Waals surface area contributed by atoms with Crippen molar-refractivity contribution in [3.05, 3.63) is 59.4 Å². The molecule has 3 rings (SSSR count). The Kier molecular flexibility index (Phi) is 3.64. The number of aromatic nitrogens is 2. The monoisotopic (exact) mass is 306 g/mol. The van der Waals surface area contributed by atoms with Gasteiger partial charge in [0, 0.05) is 18.4 Å². The molecule has 0 fully saturated rings. The van der Waals surface area contributed by atoms with Crippen LogP contribution < -0.4 is 0 Å². The molecule has 0 amide bonds. The molecule has 5 heteroatoms. The van der Waals surface area contributed by atoms with E-state index < -0.39 is 11.6 Å². The first kappa shape index (κ1) is 14.0. The van der Waals surface area contributed by atoms with Crippen LogP contribution in [0.25, 0.3) is 16.7 Å². The summed E-state index contributed by atoms with van der Waals surface area (Å²) >= 11 is 5.82. The van der Waals surface area contributed by atoms with Crippen molar-refractivity contribution < 1.29 is 8.78 Å². The average molecular weight is 307 g/mol. The Bertz CT molecular complexity index is 811. The molecule has 108 valence electrons. The minimum absolute atomic E-state index is 0.409. The number of benzene rings is 2. The summed E-state index contributed by atoms with van der Waals surface area (Å²) < 4.78 is 28.5. The van der Waals surface area contributed by atoms with Crippen LogP contribution >= 0.6 is 11.6 Å². The second-order valence-electron chi connectivity index (χ2n) is 4.89. The van der Waals surface area contributed by atoms with Crippen LogP contribution in [0.3, 0.4) is 0 Å². The van der Waals surface area contributed by atoms with Crippen molar-refractivity contribution in [2.45, 2.75) is 13.3 Å². The molecule has 0 N–H and O–H groups in total. The quantitative estimate of drug-likeness (QED) is 0.656. The van der Waals surface area contributed by atoms with Gasteiger partial charge in [0.25, 0.3) is 0 Å². The summed E-state index contributed by atoms with van der Waals surface area (Å²) in [4.78, 5) is 4.53. The molecule has 1 aromatic heterocycles. The first-order valence-electron chi connectivity index (χ1n) is 6.59. The molecule has 0 spiro atoms. The van der Waals surface area contributed by atoms with Crippen molar-refractivity contribution in [2.24, 2.45) is 0 Å². The Morgan fingerprint density at radius 2 is 1.90 bits per heavy atom. The first-order valence-corrected chi connectivity index (χ1v) is 7.13. The van der Waals surface area contributed by atoms with Gasteiger partial charge in [0.05, 0.1) is 16.7 Å². The molecule has 0 atom stereocenters. The van der Waals surface area contributed by atoms with E-state index in [1.54, 1.807) is 6.07 Å². The molecule has 21 heavy (non-hydrogen) atoms. The topological polar surface area (TPSA) is 17.8 Å². The van der Waals surface area contributed by atoms with Gasteiger partial charge in [-0.3, -0.25) is 4.57 Å². The Balaban J connectivity index is 2.29. The molecule has 0 bridgehead atoms. The maximum atomic E-state index is 13.5. The summed E-state index contributed by atoms with van der Waals surface area (Å²) in [5.41, 5.74) is 3.29. The normalized spacial score (nSPS) is 11.2. The number of halogens is 3. The third kappa shape index (κ3) is 2.51. The molecule has 3 aromatic rings. The van der Waals surface area contributed by atoms with E-state index in [1.807, 2.05) is 29.7 Å². The van der Waals surface area contributed by atoms with Crippen molar-refractivity contribution in [3.63, 3.8) is 0 Å². The van der Waals surface area contributed by atoms with E-state index in [1.165, 1.54) is 6.07 Å². The lowest BCUT2D eigenvalue weighted by Gasteiger charge is -2.09. The van der Waals surface area contributed by atoms with Crippen LogP contribution in [0, 0.1) is 18.6 Å². The van der Waals surface area contributed by atoms with Gasteiger partial charge < -0.3 is 0 Å². The van der Waals surface area contributed by atoms with E-state index in [0.717, 1.165) is 28.5 Å². The summed E-state index contributed by atoms with van der Waals surface area (Å²) in [5.74, 6) is -0.597. The lowest BCUT2D eigenvalue weighted by atomic mass is 10.2. The lowest BCUT2D eigenvalue weighted by molar-refractivity contribution is 0.508. The van der Waals surface area contributed by atoms with Crippen LogP contribution in [0.15, 0.2) is 36.4 Å². The summed E-state index contributed by atoms with van der Waals surface area (Å²) in [7, 11) is 0. The fourth-order valence-electron chi connectivity index (χ4n) is 2.40. The predicted molar refractivity (Wildman–Crippen MR) is 80.1 cm³/mol. The van der Waals surface area contributed by atoms with E-state index >= 15 is 0 Å². The van der Waals surface area contributed by atoms with E-state index in [4.69, 9.17) is 11.6 Å². The molecule has 2 aromatic carbocycles. The van der Waals surface area contributed by atoms with Crippen molar-refractivity contribution in [1.29, 1.82) is 0 Å². The minimum atomic E-state index is -0.876. The van der Waals surface area contributed by atoms with E-state index in [9.17, 15) is 8.78 Å². The highest BCUT2D eigenvalue weighted by Crippen LogP contribution is 2.24. The molecular weight excluding hydrogens is 294 g/mol. The van der Waals surface area contributed by atoms with E-state index in [2.05, 4.69) is 4.98 Å². The van der Waals surface area contributed by atoms with Gasteiger partial charge in [0.1, 0.15) is 5.82 Å². The molecule has 0 aliphatic rings. The molecule has 0 radical (unpaired) electrons. The van der Waals surface area contributed by atoms with Gasteiger partial charge in [0.2, 0.25) is 0 Å². The third-order valence-electron chi connectivity index (χ3n) is 3.36. The zero-order valence-electron chi connectivity index (χ0n) is 11.4. The van der Waals surface area contributed by atoms with E-state index in [0.29, 0.717) is 18.0 Å². The van der Waals surface area contributed by atoms with Crippen LogP contribution in [0.4, 0.5) is 8.78 Å². The molecule has 1 heterocycles. The maximum Gasteiger partial charge on any atom is 0.160 e. The number of rotatable bonds is 3. The molecule has 0 unspecified atom stereocenters. The van der Waals surface area contributed by atoms with Crippen molar-refractivity contribution in [2.75, 3.05) is 5.88 Å². The van der Waals surface area contributed by atoms with Crippen molar-refractivity contribution >= 4 is 22.6 Å². The standard InChI is InChI=1S/C16H13ClF2N2/c1-10-2-5-14-15(8-10)21(16(20-14)6-7-17)11-3-4-12(18)13(19)9-11/h2-5,8-9H,6-7H2,1H3. The average Bonchev–Trinajstić information content (AvgIpc) is 2.80. The van der Waals surface area contributed by atoms with Gasteiger partial charge in [0.15, 0.2) is 11.6 Å². The highest BCUT2D eigenvalue weighted by molar-refractivity contribution is 6.17. The number of alkyl halides is 1. The van der Waals surface area contributed by atoms with Gasteiger partial charge in [-0.15, -0.1) is 11.6 Å². The first-order chi connectivity index (χ1) is 10.1. The van der Waals surface area contributed by atoms with Gasteiger partial charge in [-0.05, 0) is 36.8 Å². The number of hydrogen-bond acceptors (Lipinski definition) is 1. The van der Waals surface area contributed by atoms with Crippen LogP contribution in [0.1, 0.15) is 11.4 Å². The van der Waals surface area contributed by atoms with Gasteiger partial charge >= 0.3 is 0 Å². The van der Waals surface area contributed by atoms with Crippen LogP contribution in [0.5, 0.6) is 0 Å². The highest BCUT2D eigenvalue weighted by atomic mass is 35.5.